The van der Waals surface area contributed by atoms with E-state index < -0.39 is 0 Å². The third kappa shape index (κ3) is 4.57. The smallest absolute Gasteiger partial charge is 0.107 e. The number of hydrogen-bond donors (Lipinski definition) is 0. The molecule has 0 atom stereocenters. The van der Waals surface area contributed by atoms with E-state index in [1.165, 1.54) is 68.3 Å². The molecule has 0 saturated heterocycles. The molecule has 1 heterocycles. The molecule has 1 aromatic rings. The quantitative estimate of drug-likeness (QED) is 0.566. The maximum atomic E-state index is 5.79. The molecular formula is C16H28O. The Labute approximate surface area is 107 Å². The summed E-state index contributed by atoms with van der Waals surface area (Å²) in [6.45, 7) is 6.76. The summed E-state index contributed by atoms with van der Waals surface area (Å²) in [6.07, 6.45) is 13.2. The zero-order valence-corrected chi connectivity index (χ0v) is 11.8. The van der Waals surface area contributed by atoms with Gasteiger partial charge in [0.05, 0.1) is 6.26 Å². The first-order valence-corrected chi connectivity index (χ1v) is 7.41. The Bertz CT molecular complexity index is 273. The van der Waals surface area contributed by atoms with Crippen molar-refractivity contribution < 1.29 is 4.42 Å². The number of aryl methyl sites for hydroxylation is 2. The normalized spacial score (nSPS) is 11.0. The van der Waals surface area contributed by atoms with Gasteiger partial charge in [0.15, 0.2) is 0 Å². The second-order valence-corrected chi connectivity index (χ2v) is 4.97. The Morgan fingerprint density at radius 3 is 2.06 bits per heavy atom. The molecule has 1 nitrogen and oxygen atoms in total. The molecule has 0 unspecified atom stereocenters. The lowest BCUT2D eigenvalue weighted by atomic mass is 9.98. The van der Waals surface area contributed by atoms with Gasteiger partial charge in [-0.3, -0.25) is 0 Å². The molecule has 0 aliphatic carbocycles. The fraction of sp³-hybridized carbons (Fsp3) is 0.750. The van der Waals surface area contributed by atoms with E-state index in [9.17, 15) is 0 Å². The Kier molecular flexibility index (Phi) is 7.07. The van der Waals surface area contributed by atoms with Crippen molar-refractivity contribution in [2.24, 2.45) is 0 Å². The Morgan fingerprint density at radius 1 is 0.824 bits per heavy atom. The number of unbranched alkanes of at least 4 members (excludes halogenated alkanes) is 3. The fourth-order valence-corrected chi connectivity index (χ4v) is 2.24. The van der Waals surface area contributed by atoms with Crippen LogP contribution in [0.4, 0.5) is 0 Å². The first-order chi connectivity index (χ1) is 8.33. The average molecular weight is 236 g/mol. The van der Waals surface area contributed by atoms with Crippen molar-refractivity contribution in [2.75, 3.05) is 0 Å². The van der Waals surface area contributed by atoms with E-state index >= 15 is 0 Å². The number of furan rings is 1. The summed E-state index contributed by atoms with van der Waals surface area (Å²) in [5.41, 5.74) is 3.01. The minimum absolute atomic E-state index is 1.13. The minimum atomic E-state index is 1.13. The van der Waals surface area contributed by atoms with E-state index in [1.54, 1.807) is 0 Å². The van der Waals surface area contributed by atoms with E-state index in [1.807, 2.05) is 6.26 Å². The van der Waals surface area contributed by atoms with Crippen LogP contribution >= 0.6 is 0 Å². The molecule has 98 valence electrons. The highest BCUT2D eigenvalue weighted by Gasteiger charge is 2.12. The van der Waals surface area contributed by atoms with E-state index in [0.29, 0.717) is 0 Å². The van der Waals surface area contributed by atoms with Crippen LogP contribution in [-0.4, -0.2) is 0 Å². The van der Waals surface area contributed by atoms with Gasteiger partial charge in [-0.2, -0.15) is 0 Å². The van der Waals surface area contributed by atoms with Crippen molar-refractivity contribution in [1.29, 1.82) is 0 Å². The molecule has 0 fully saturated rings. The fourth-order valence-electron chi connectivity index (χ4n) is 2.24. The van der Waals surface area contributed by atoms with Crippen molar-refractivity contribution in [1.82, 2.24) is 0 Å². The summed E-state index contributed by atoms with van der Waals surface area (Å²) in [5, 5.41) is 0. The third-order valence-electron chi connectivity index (χ3n) is 3.41. The molecule has 0 saturated carbocycles. The molecule has 0 N–H and O–H groups in total. The van der Waals surface area contributed by atoms with Crippen LogP contribution in [0.15, 0.2) is 10.7 Å². The molecule has 1 aromatic heterocycles. The van der Waals surface area contributed by atoms with Crippen LogP contribution in [0.5, 0.6) is 0 Å². The zero-order valence-electron chi connectivity index (χ0n) is 11.8. The van der Waals surface area contributed by atoms with Crippen LogP contribution in [0.1, 0.15) is 76.2 Å². The van der Waals surface area contributed by atoms with Crippen LogP contribution in [0, 0.1) is 0 Å². The van der Waals surface area contributed by atoms with Gasteiger partial charge in [-0.25, -0.2) is 0 Å². The first-order valence-electron chi connectivity index (χ1n) is 7.41. The topological polar surface area (TPSA) is 13.1 Å². The van der Waals surface area contributed by atoms with Crippen LogP contribution < -0.4 is 0 Å². The molecule has 0 aromatic carbocycles. The Hall–Kier alpha value is -0.720. The summed E-state index contributed by atoms with van der Waals surface area (Å²) in [6, 6.07) is 0. The van der Waals surface area contributed by atoms with Crippen LogP contribution in [0.2, 0.25) is 0 Å². The van der Waals surface area contributed by atoms with Gasteiger partial charge in [-0.1, -0.05) is 40.0 Å². The monoisotopic (exact) mass is 236 g/mol. The van der Waals surface area contributed by atoms with Gasteiger partial charge in [-0.15, -0.1) is 0 Å². The summed E-state index contributed by atoms with van der Waals surface area (Å²) in [5.74, 6) is 1.27. The lowest BCUT2D eigenvalue weighted by molar-refractivity contribution is 0.493. The standard InChI is InChI=1S/C16H28O/c1-4-7-10-14-13-17-16(12-9-6-3)15(14)11-8-5-2/h13H,4-12H2,1-3H3. The van der Waals surface area contributed by atoms with E-state index in [4.69, 9.17) is 4.42 Å². The van der Waals surface area contributed by atoms with Crippen LogP contribution in [-0.2, 0) is 19.3 Å². The Morgan fingerprint density at radius 2 is 1.41 bits per heavy atom. The summed E-state index contributed by atoms with van der Waals surface area (Å²) >= 11 is 0. The number of hydrogen-bond acceptors (Lipinski definition) is 1. The van der Waals surface area contributed by atoms with Gasteiger partial charge >= 0.3 is 0 Å². The SMILES string of the molecule is CCCCc1coc(CCCC)c1CCCC. The van der Waals surface area contributed by atoms with Crippen molar-refractivity contribution in [3.8, 4) is 0 Å². The van der Waals surface area contributed by atoms with E-state index in [2.05, 4.69) is 20.8 Å². The molecule has 0 aliphatic heterocycles. The molecule has 0 radical (unpaired) electrons. The molecule has 0 aliphatic rings. The second kappa shape index (κ2) is 8.38. The Balaban J connectivity index is 2.70. The van der Waals surface area contributed by atoms with Crippen LogP contribution in [0.25, 0.3) is 0 Å². The first kappa shape index (κ1) is 14.3. The van der Waals surface area contributed by atoms with Crippen LogP contribution in [0.3, 0.4) is 0 Å². The summed E-state index contributed by atoms with van der Waals surface area (Å²) < 4.78 is 5.79. The van der Waals surface area contributed by atoms with Gasteiger partial charge in [-0.05, 0) is 43.2 Å². The molecular weight excluding hydrogens is 208 g/mol. The van der Waals surface area contributed by atoms with Crippen molar-refractivity contribution in [2.45, 2.75) is 78.6 Å². The highest BCUT2D eigenvalue weighted by Crippen LogP contribution is 2.23. The van der Waals surface area contributed by atoms with Gasteiger partial charge in [0.1, 0.15) is 5.76 Å². The summed E-state index contributed by atoms with van der Waals surface area (Å²) in [7, 11) is 0. The van der Waals surface area contributed by atoms with Crippen molar-refractivity contribution in [3.05, 3.63) is 23.2 Å². The van der Waals surface area contributed by atoms with Crippen molar-refractivity contribution in [3.63, 3.8) is 0 Å². The third-order valence-corrected chi connectivity index (χ3v) is 3.41. The summed E-state index contributed by atoms with van der Waals surface area (Å²) in [4.78, 5) is 0. The molecule has 0 spiro atoms. The maximum Gasteiger partial charge on any atom is 0.107 e. The van der Waals surface area contributed by atoms with E-state index in [0.717, 1.165) is 6.42 Å². The van der Waals surface area contributed by atoms with Gasteiger partial charge < -0.3 is 4.42 Å². The minimum Gasteiger partial charge on any atom is -0.469 e. The van der Waals surface area contributed by atoms with Gasteiger partial charge in [0.2, 0.25) is 0 Å². The lowest BCUT2D eigenvalue weighted by Crippen LogP contribution is -1.95. The van der Waals surface area contributed by atoms with Crippen molar-refractivity contribution >= 4 is 0 Å². The largest absolute Gasteiger partial charge is 0.469 e. The molecule has 0 amide bonds. The molecule has 17 heavy (non-hydrogen) atoms. The zero-order chi connectivity index (χ0) is 12.5. The lowest BCUT2D eigenvalue weighted by Gasteiger charge is -2.05. The molecule has 0 bridgehead atoms. The van der Waals surface area contributed by atoms with Gasteiger partial charge in [0, 0.05) is 6.42 Å². The molecule has 1 heteroatoms. The predicted molar refractivity (Wildman–Crippen MR) is 74.5 cm³/mol. The highest BCUT2D eigenvalue weighted by atomic mass is 16.3. The van der Waals surface area contributed by atoms with E-state index in [-0.39, 0.29) is 0 Å². The maximum absolute atomic E-state index is 5.79. The second-order valence-electron chi connectivity index (χ2n) is 4.97. The van der Waals surface area contributed by atoms with Gasteiger partial charge in [0.25, 0.3) is 0 Å². The predicted octanol–water partition coefficient (Wildman–Crippen LogP) is 5.31. The highest BCUT2D eigenvalue weighted by molar-refractivity contribution is 5.28. The average Bonchev–Trinajstić information content (AvgIpc) is 2.73. The molecule has 1 rings (SSSR count). The number of rotatable bonds is 9.